The molecule has 0 amide bonds. The van der Waals surface area contributed by atoms with Crippen LogP contribution in [0, 0.1) is 5.92 Å². The van der Waals surface area contributed by atoms with Gasteiger partial charge in [-0.25, -0.2) is 0 Å². The van der Waals surface area contributed by atoms with Gasteiger partial charge in [-0.1, -0.05) is 13.3 Å². The lowest BCUT2D eigenvalue weighted by atomic mass is 10.2. The lowest BCUT2D eigenvalue weighted by Crippen LogP contribution is -2.43. The van der Waals surface area contributed by atoms with Crippen molar-refractivity contribution in [3.8, 4) is 0 Å². The SMILES string of the molecule is CCCCNC(=S)N(C)C(C)C1CC1. The molecule has 0 aromatic rings. The van der Waals surface area contributed by atoms with E-state index in [0.717, 1.165) is 17.6 Å². The number of nitrogens with zero attached hydrogens (tertiary/aromatic N) is 1. The van der Waals surface area contributed by atoms with Crippen molar-refractivity contribution in [2.24, 2.45) is 5.92 Å². The molecule has 0 bridgehead atoms. The van der Waals surface area contributed by atoms with Crippen LogP contribution in [0.2, 0.25) is 0 Å². The first-order valence-electron chi connectivity index (χ1n) is 5.67. The summed E-state index contributed by atoms with van der Waals surface area (Å²) in [6.45, 7) is 5.48. The molecule has 2 nitrogen and oxygen atoms in total. The molecule has 1 saturated carbocycles. The monoisotopic (exact) mass is 214 g/mol. The second kappa shape index (κ2) is 5.54. The van der Waals surface area contributed by atoms with Gasteiger partial charge in [-0.2, -0.15) is 0 Å². The number of hydrogen-bond donors (Lipinski definition) is 1. The minimum atomic E-state index is 0.608. The molecule has 0 radical (unpaired) electrons. The number of rotatable bonds is 5. The first-order valence-corrected chi connectivity index (χ1v) is 6.08. The number of unbranched alkanes of at least 4 members (excludes halogenated alkanes) is 1. The summed E-state index contributed by atoms with van der Waals surface area (Å²) in [5, 5.41) is 4.22. The van der Waals surface area contributed by atoms with Gasteiger partial charge in [0.25, 0.3) is 0 Å². The van der Waals surface area contributed by atoms with Crippen LogP contribution in [0.3, 0.4) is 0 Å². The van der Waals surface area contributed by atoms with Gasteiger partial charge in [0, 0.05) is 19.6 Å². The standard InChI is InChI=1S/C11H22N2S/c1-4-5-8-12-11(14)13(3)9(2)10-6-7-10/h9-10H,4-8H2,1-3H3,(H,12,14). The van der Waals surface area contributed by atoms with Crippen LogP contribution < -0.4 is 5.32 Å². The van der Waals surface area contributed by atoms with E-state index in [0.29, 0.717) is 6.04 Å². The van der Waals surface area contributed by atoms with Crippen LogP contribution in [0.1, 0.15) is 39.5 Å². The fraction of sp³-hybridized carbons (Fsp3) is 0.909. The van der Waals surface area contributed by atoms with E-state index in [1.807, 2.05) is 0 Å². The van der Waals surface area contributed by atoms with Crippen molar-refractivity contribution in [1.29, 1.82) is 0 Å². The van der Waals surface area contributed by atoms with Gasteiger partial charge in [0.15, 0.2) is 5.11 Å². The minimum Gasteiger partial charge on any atom is -0.363 e. The van der Waals surface area contributed by atoms with E-state index in [1.165, 1.54) is 25.7 Å². The van der Waals surface area contributed by atoms with Gasteiger partial charge in [0.2, 0.25) is 0 Å². The second-order valence-electron chi connectivity index (χ2n) is 4.27. The molecule has 0 spiro atoms. The zero-order chi connectivity index (χ0) is 10.6. The fourth-order valence-electron chi connectivity index (χ4n) is 1.58. The maximum absolute atomic E-state index is 5.33. The van der Waals surface area contributed by atoms with E-state index in [9.17, 15) is 0 Å². The van der Waals surface area contributed by atoms with Crippen LogP contribution >= 0.6 is 12.2 Å². The van der Waals surface area contributed by atoms with E-state index in [2.05, 4.69) is 31.1 Å². The highest BCUT2D eigenvalue weighted by atomic mass is 32.1. The molecular formula is C11H22N2S. The molecule has 14 heavy (non-hydrogen) atoms. The van der Waals surface area contributed by atoms with E-state index >= 15 is 0 Å². The predicted molar refractivity (Wildman–Crippen MR) is 65.5 cm³/mol. The van der Waals surface area contributed by atoms with Crippen molar-refractivity contribution < 1.29 is 0 Å². The van der Waals surface area contributed by atoms with Gasteiger partial charge in [-0.3, -0.25) is 0 Å². The molecule has 1 rings (SSSR count). The van der Waals surface area contributed by atoms with Crippen LogP contribution in [0.4, 0.5) is 0 Å². The summed E-state index contributed by atoms with van der Waals surface area (Å²) in [6, 6.07) is 0.608. The van der Waals surface area contributed by atoms with Crippen molar-refractivity contribution in [3.63, 3.8) is 0 Å². The van der Waals surface area contributed by atoms with E-state index in [1.54, 1.807) is 0 Å². The lowest BCUT2D eigenvalue weighted by Gasteiger charge is -2.27. The molecule has 0 heterocycles. The van der Waals surface area contributed by atoms with Crippen LogP contribution in [0.15, 0.2) is 0 Å². The molecule has 0 aliphatic heterocycles. The van der Waals surface area contributed by atoms with Gasteiger partial charge >= 0.3 is 0 Å². The molecule has 0 saturated heterocycles. The van der Waals surface area contributed by atoms with Crippen LogP contribution in [0.25, 0.3) is 0 Å². The highest BCUT2D eigenvalue weighted by Gasteiger charge is 2.31. The van der Waals surface area contributed by atoms with Gasteiger partial charge in [-0.05, 0) is 44.3 Å². The van der Waals surface area contributed by atoms with Gasteiger partial charge < -0.3 is 10.2 Å². The highest BCUT2D eigenvalue weighted by Crippen LogP contribution is 2.34. The van der Waals surface area contributed by atoms with Crippen molar-refractivity contribution in [3.05, 3.63) is 0 Å². The third-order valence-electron chi connectivity index (χ3n) is 3.04. The van der Waals surface area contributed by atoms with Crippen molar-refractivity contribution >= 4 is 17.3 Å². The minimum absolute atomic E-state index is 0.608. The zero-order valence-corrected chi connectivity index (χ0v) is 10.4. The molecule has 1 atom stereocenters. The Labute approximate surface area is 93.1 Å². The molecule has 3 heteroatoms. The summed E-state index contributed by atoms with van der Waals surface area (Å²) in [7, 11) is 2.10. The Morgan fingerprint density at radius 1 is 1.57 bits per heavy atom. The van der Waals surface area contributed by atoms with Crippen molar-refractivity contribution in [1.82, 2.24) is 10.2 Å². The van der Waals surface area contributed by atoms with Crippen LogP contribution in [0.5, 0.6) is 0 Å². The Bertz CT molecular complexity index is 190. The Morgan fingerprint density at radius 2 is 2.21 bits per heavy atom. The molecule has 1 unspecified atom stereocenters. The Balaban J connectivity index is 2.20. The third-order valence-corrected chi connectivity index (χ3v) is 3.47. The summed E-state index contributed by atoms with van der Waals surface area (Å²) >= 11 is 5.33. The first-order chi connectivity index (χ1) is 6.66. The van der Waals surface area contributed by atoms with E-state index in [-0.39, 0.29) is 0 Å². The Kier molecular flexibility index (Phi) is 4.66. The molecule has 1 fully saturated rings. The first kappa shape index (κ1) is 11.8. The zero-order valence-electron chi connectivity index (χ0n) is 9.55. The Morgan fingerprint density at radius 3 is 2.71 bits per heavy atom. The Hall–Kier alpha value is -0.310. The molecule has 82 valence electrons. The van der Waals surface area contributed by atoms with E-state index in [4.69, 9.17) is 12.2 Å². The van der Waals surface area contributed by atoms with Crippen molar-refractivity contribution in [2.75, 3.05) is 13.6 Å². The second-order valence-corrected chi connectivity index (χ2v) is 4.66. The summed E-state index contributed by atoms with van der Waals surface area (Å²) in [4.78, 5) is 2.21. The van der Waals surface area contributed by atoms with Gasteiger partial charge in [0.05, 0.1) is 0 Å². The highest BCUT2D eigenvalue weighted by molar-refractivity contribution is 7.80. The molecule has 0 aromatic carbocycles. The molecule has 1 aliphatic carbocycles. The smallest absolute Gasteiger partial charge is 0.168 e. The molecular weight excluding hydrogens is 192 g/mol. The number of hydrogen-bond acceptors (Lipinski definition) is 1. The predicted octanol–water partition coefficient (Wildman–Crippen LogP) is 2.39. The topological polar surface area (TPSA) is 15.3 Å². The average Bonchev–Trinajstić information content (AvgIpc) is 2.99. The largest absolute Gasteiger partial charge is 0.363 e. The summed E-state index contributed by atoms with van der Waals surface area (Å²) in [6.07, 6.45) is 5.18. The molecule has 1 N–H and O–H groups in total. The lowest BCUT2D eigenvalue weighted by molar-refractivity contribution is 0.348. The normalized spacial score (nSPS) is 17.6. The van der Waals surface area contributed by atoms with E-state index < -0.39 is 0 Å². The van der Waals surface area contributed by atoms with Crippen LogP contribution in [-0.4, -0.2) is 29.6 Å². The van der Waals surface area contributed by atoms with Crippen LogP contribution in [-0.2, 0) is 0 Å². The molecule has 0 aromatic heterocycles. The fourth-order valence-corrected chi connectivity index (χ4v) is 1.84. The van der Waals surface area contributed by atoms with Gasteiger partial charge in [-0.15, -0.1) is 0 Å². The number of thiocarbonyl (C=S) groups is 1. The molecule has 1 aliphatic rings. The quantitative estimate of drug-likeness (QED) is 0.559. The summed E-state index contributed by atoms with van der Waals surface area (Å²) in [5.41, 5.74) is 0. The third kappa shape index (κ3) is 3.45. The average molecular weight is 214 g/mol. The summed E-state index contributed by atoms with van der Waals surface area (Å²) < 4.78 is 0. The number of nitrogens with one attached hydrogen (secondary N) is 1. The van der Waals surface area contributed by atoms with Gasteiger partial charge in [0.1, 0.15) is 0 Å². The maximum Gasteiger partial charge on any atom is 0.168 e. The van der Waals surface area contributed by atoms with Crippen molar-refractivity contribution in [2.45, 2.75) is 45.6 Å². The maximum atomic E-state index is 5.33. The summed E-state index contributed by atoms with van der Waals surface area (Å²) in [5.74, 6) is 0.880.